The van der Waals surface area contributed by atoms with E-state index < -0.39 is 0 Å². The van der Waals surface area contributed by atoms with Gasteiger partial charge in [0.15, 0.2) is 0 Å². The first-order chi connectivity index (χ1) is 15.4. The Morgan fingerprint density at radius 3 is 2.50 bits per heavy atom. The second-order valence-electron chi connectivity index (χ2n) is 7.67. The predicted octanol–water partition coefficient (Wildman–Crippen LogP) is 4.27. The number of carbonyl (C=O) groups excluding carboxylic acids is 1. The van der Waals surface area contributed by atoms with Crippen molar-refractivity contribution in [2.75, 3.05) is 50.1 Å². The van der Waals surface area contributed by atoms with Gasteiger partial charge in [-0.3, -0.25) is 14.4 Å². The number of benzene rings is 2. The van der Waals surface area contributed by atoms with Crippen molar-refractivity contribution >= 4 is 44.8 Å². The Bertz CT molecular complexity index is 1070. The zero-order valence-corrected chi connectivity index (χ0v) is 20.4. The average molecular weight is 519 g/mol. The van der Waals surface area contributed by atoms with Crippen LogP contribution in [0.3, 0.4) is 0 Å². The maximum atomic E-state index is 12.7. The minimum Gasteiger partial charge on any atom is -0.496 e. The molecule has 0 saturated carbocycles. The van der Waals surface area contributed by atoms with E-state index >= 15 is 0 Å². The Morgan fingerprint density at radius 1 is 1.16 bits per heavy atom. The molecular weight excluding hydrogens is 494 g/mol. The summed E-state index contributed by atoms with van der Waals surface area (Å²) in [5.41, 5.74) is 3.62. The molecule has 3 aromatic rings. The maximum Gasteiger partial charge on any atom is 0.238 e. The molecule has 32 heavy (non-hydrogen) atoms. The number of aryl methyl sites for hydroxylation is 1. The van der Waals surface area contributed by atoms with E-state index in [1.165, 1.54) is 0 Å². The van der Waals surface area contributed by atoms with Crippen LogP contribution in [0.1, 0.15) is 0 Å². The quantitative estimate of drug-likeness (QED) is 0.528. The van der Waals surface area contributed by atoms with Crippen LogP contribution in [-0.2, 0) is 11.8 Å². The van der Waals surface area contributed by atoms with E-state index in [1.807, 2.05) is 49.5 Å². The van der Waals surface area contributed by atoms with Gasteiger partial charge in [0.1, 0.15) is 5.75 Å². The summed E-state index contributed by atoms with van der Waals surface area (Å²) in [6, 6.07) is 13.5. The first-order valence-corrected chi connectivity index (χ1v) is 11.5. The number of rotatable bonds is 6. The number of hydrogen-bond donors (Lipinski definition) is 1. The largest absolute Gasteiger partial charge is 0.496 e. The summed E-state index contributed by atoms with van der Waals surface area (Å²) in [5.74, 6) is 0.677. The van der Waals surface area contributed by atoms with Crippen LogP contribution < -0.4 is 15.0 Å². The Morgan fingerprint density at radius 2 is 1.88 bits per heavy atom. The molecule has 1 aromatic heterocycles. The molecular formula is C23H25BrClN5O2. The molecule has 0 bridgehead atoms. The van der Waals surface area contributed by atoms with Crippen LogP contribution in [-0.4, -0.2) is 60.4 Å². The van der Waals surface area contributed by atoms with Gasteiger partial charge in [-0.15, -0.1) is 0 Å². The fraction of sp³-hybridized carbons (Fsp3) is 0.304. The van der Waals surface area contributed by atoms with Crippen LogP contribution in [0.4, 0.5) is 11.4 Å². The molecule has 0 atom stereocenters. The minimum atomic E-state index is -0.0369. The summed E-state index contributed by atoms with van der Waals surface area (Å²) < 4.78 is 8.15. The molecule has 9 heteroatoms. The van der Waals surface area contributed by atoms with Gasteiger partial charge < -0.3 is 15.0 Å². The summed E-state index contributed by atoms with van der Waals surface area (Å²) in [4.78, 5) is 17.2. The Kier molecular flexibility index (Phi) is 7.03. The topological polar surface area (TPSA) is 62.6 Å². The number of amides is 1. The molecule has 0 radical (unpaired) electrons. The molecule has 168 valence electrons. The summed E-state index contributed by atoms with van der Waals surface area (Å²) in [6.07, 6.45) is 1.74. The molecule has 4 rings (SSSR count). The van der Waals surface area contributed by atoms with E-state index in [9.17, 15) is 4.79 Å². The number of aromatic nitrogens is 2. The second-order valence-corrected chi connectivity index (χ2v) is 8.96. The van der Waals surface area contributed by atoms with Gasteiger partial charge in [0, 0.05) is 55.2 Å². The van der Waals surface area contributed by atoms with Gasteiger partial charge in [-0.1, -0.05) is 11.6 Å². The highest BCUT2D eigenvalue weighted by atomic mass is 79.9. The number of nitrogens with one attached hydrogen (secondary N) is 1. The van der Waals surface area contributed by atoms with Crippen LogP contribution in [0.25, 0.3) is 11.3 Å². The lowest BCUT2D eigenvalue weighted by Gasteiger charge is -2.35. The van der Waals surface area contributed by atoms with Gasteiger partial charge in [0.2, 0.25) is 5.91 Å². The van der Waals surface area contributed by atoms with Crippen LogP contribution in [0, 0.1) is 0 Å². The number of halogens is 2. The van der Waals surface area contributed by atoms with Crippen molar-refractivity contribution in [3.05, 3.63) is 58.2 Å². The van der Waals surface area contributed by atoms with Crippen molar-refractivity contribution in [2.45, 2.75) is 0 Å². The normalized spacial score (nSPS) is 14.4. The molecule has 0 unspecified atom stereocenters. The summed E-state index contributed by atoms with van der Waals surface area (Å²) >= 11 is 9.52. The summed E-state index contributed by atoms with van der Waals surface area (Å²) in [5, 5.41) is 8.04. The Balaban J connectivity index is 1.37. The fourth-order valence-electron chi connectivity index (χ4n) is 3.90. The second kappa shape index (κ2) is 9.94. The van der Waals surface area contributed by atoms with Gasteiger partial charge in [0.25, 0.3) is 0 Å². The van der Waals surface area contributed by atoms with Crippen molar-refractivity contribution in [3.63, 3.8) is 0 Å². The van der Waals surface area contributed by atoms with Crippen molar-refractivity contribution in [2.24, 2.45) is 7.05 Å². The molecule has 2 heterocycles. The first-order valence-electron chi connectivity index (χ1n) is 10.3. The van der Waals surface area contributed by atoms with Crippen molar-refractivity contribution < 1.29 is 9.53 Å². The highest BCUT2D eigenvalue weighted by Crippen LogP contribution is 2.36. The number of anilines is 2. The molecule has 1 aliphatic rings. The smallest absolute Gasteiger partial charge is 0.238 e. The van der Waals surface area contributed by atoms with Crippen LogP contribution in [0.15, 0.2) is 53.1 Å². The number of carbonyl (C=O) groups is 1. The highest BCUT2D eigenvalue weighted by molar-refractivity contribution is 9.10. The molecule has 7 nitrogen and oxygen atoms in total. The van der Waals surface area contributed by atoms with Gasteiger partial charge in [-0.2, -0.15) is 5.10 Å². The zero-order valence-electron chi connectivity index (χ0n) is 18.0. The molecule has 2 aromatic carbocycles. The van der Waals surface area contributed by atoms with Crippen LogP contribution >= 0.6 is 27.5 Å². The van der Waals surface area contributed by atoms with E-state index in [4.69, 9.17) is 16.3 Å². The molecule has 1 aliphatic heterocycles. The van der Waals surface area contributed by atoms with E-state index in [0.717, 1.165) is 58.3 Å². The number of methoxy groups -OCH3 is 1. The van der Waals surface area contributed by atoms with Crippen LogP contribution in [0.5, 0.6) is 5.75 Å². The standard InChI is InChI=1S/C23H25BrClN5O2/c1-28-23(20(24)14-26-28)19-13-17(5-8-21(19)32-2)27-22(31)15-29-9-11-30(12-10-29)18-6-3-16(25)4-7-18/h3-8,13-14H,9-12,15H2,1-2H3,(H,27,31). The number of hydrogen-bond acceptors (Lipinski definition) is 5. The van der Waals surface area contributed by atoms with Crippen molar-refractivity contribution in [3.8, 4) is 17.0 Å². The average Bonchev–Trinajstić information content (AvgIpc) is 3.12. The van der Waals surface area contributed by atoms with E-state index in [1.54, 1.807) is 18.0 Å². The lowest BCUT2D eigenvalue weighted by Crippen LogP contribution is -2.48. The SMILES string of the molecule is COc1ccc(NC(=O)CN2CCN(c3ccc(Cl)cc3)CC2)cc1-c1c(Br)cnn1C. The third-order valence-electron chi connectivity index (χ3n) is 5.56. The number of ether oxygens (including phenoxy) is 1. The lowest BCUT2D eigenvalue weighted by atomic mass is 10.1. The number of nitrogens with zero attached hydrogens (tertiary/aromatic N) is 4. The Hall–Kier alpha value is -2.55. The minimum absolute atomic E-state index is 0.0369. The molecule has 0 aliphatic carbocycles. The molecule has 1 amide bonds. The maximum absolute atomic E-state index is 12.7. The zero-order chi connectivity index (χ0) is 22.7. The van der Waals surface area contributed by atoms with E-state index in [-0.39, 0.29) is 5.91 Å². The molecule has 0 spiro atoms. The lowest BCUT2D eigenvalue weighted by molar-refractivity contribution is -0.117. The monoisotopic (exact) mass is 517 g/mol. The van der Waals surface area contributed by atoms with Crippen molar-refractivity contribution in [1.29, 1.82) is 0 Å². The van der Waals surface area contributed by atoms with Crippen LogP contribution in [0.2, 0.25) is 5.02 Å². The van der Waals surface area contributed by atoms with E-state index in [2.05, 4.69) is 36.1 Å². The van der Waals surface area contributed by atoms with E-state index in [0.29, 0.717) is 12.3 Å². The van der Waals surface area contributed by atoms with Gasteiger partial charge in [-0.25, -0.2) is 0 Å². The molecule has 1 fully saturated rings. The summed E-state index contributed by atoms with van der Waals surface area (Å²) in [6.45, 7) is 3.75. The molecule has 1 N–H and O–H groups in total. The summed E-state index contributed by atoms with van der Waals surface area (Å²) in [7, 11) is 3.50. The van der Waals surface area contributed by atoms with Gasteiger partial charge >= 0.3 is 0 Å². The third kappa shape index (κ3) is 5.09. The molecule has 1 saturated heterocycles. The third-order valence-corrected chi connectivity index (χ3v) is 6.40. The van der Waals surface area contributed by atoms with Gasteiger partial charge in [-0.05, 0) is 58.4 Å². The highest BCUT2D eigenvalue weighted by Gasteiger charge is 2.20. The fourth-order valence-corrected chi connectivity index (χ4v) is 4.59. The first kappa shape index (κ1) is 22.6. The number of piperazine rings is 1. The van der Waals surface area contributed by atoms with Crippen molar-refractivity contribution in [1.82, 2.24) is 14.7 Å². The predicted molar refractivity (Wildman–Crippen MR) is 132 cm³/mol. The van der Waals surface area contributed by atoms with Gasteiger partial charge in [0.05, 0.1) is 30.0 Å². The Labute approximate surface area is 201 Å².